The van der Waals surface area contributed by atoms with Crippen LogP contribution < -0.4 is 5.32 Å². The molecular formula is C16H14FN3O2S. The van der Waals surface area contributed by atoms with E-state index in [1.807, 2.05) is 13.0 Å². The molecule has 23 heavy (non-hydrogen) atoms. The Morgan fingerprint density at radius 3 is 2.83 bits per heavy atom. The second-order valence-corrected chi connectivity index (χ2v) is 6.33. The Balaban J connectivity index is 1.95. The Morgan fingerprint density at radius 2 is 2.13 bits per heavy atom. The first kappa shape index (κ1) is 15.4. The van der Waals surface area contributed by atoms with Crippen molar-refractivity contribution in [2.24, 2.45) is 0 Å². The average molecular weight is 331 g/mol. The summed E-state index contributed by atoms with van der Waals surface area (Å²) >= 11 is 1.44. The van der Waals surface area contributed by atoms with E-state index in [0.29, 0.717) is 11.1 Å². The molecule has 5 nitrogen and oxygen atoms in total. The van der Waals surface area contributed by atoms with E-state index in [-0.39, 0.29) is 17.6 Å². The molecule has 0 radical (unpaired) electrons. The van der Waals surface area contributed by atoms with Gasteiger partial charge in [0.15, 0.2) is 5.69 Å². The summed E-state index contributed by atoms with van der Waals surface area (Å²) in [6.07, 6.45) is 2.76. The van der Waals surface area contributed by atoms with Crippen LogP contribution in [-0.2, 0) is 0 Å². The zero-order chi connectivity index (χ0) is 16.6. The molecule has 2 N–H and O–H groups in total. The predicted octanol–water partition coefficient (Wildman–Crippen LogP) is 4.01. The van der Waals surface area contributed by atoms with E-state index in [1.165, 1.54) is 17.4 Å². The minimum absolute atomic E-state index is 0.0457. The standard InChI is InChI=1S/C16H14FN3O2S/c1-8-3-13-12(15(19-8)16(21)22)5-14(23-13)20-9(2)10-4-11(17)7-18-6-10/h3-7,9,20H,1-2H3,(H,21,22)/t9-/m0/s1. The maximum Gasteiger partial charge on any atom is 0.355 e. The van der Waals surface area contributed by atoms with Crippen LogP contribution in [0.15, 0.2) is 30.6 Å². The number of carbonyl (C=O) groups is 1. The number of nitrogens with zero attached hydrogens (tertiary/aromatic N) is 2. The number of halogens is 1. The molecule has 0 unspecified atom stereocenters. The molecule has 118 valence electrons. The van der Waals surface area contributed by atoms with Gasteiger partial charge in [0.1, 0.15) is 5.82 Å². The number of carboxylic acids is 1. The van der Waals surface area contributed by atoms with Crippen LogP contribution in [0.3, 0.4) is 0 Å². The Bertz CT molecular complexity index is 894. The van der Waals surface area contributed by atoms with Crippen molar-refractivity contribution in [1.82, 2.24) is 9.97 Å². The fourth-order valence-electron chi connectivity index (χ4n) is 2.35. The van der Waals surface area contributed by atoms with Gasteiger partial charge >= 0.3 is 5.97 Å². The molecule has 0 amide bonds. The van der Waals surface area contributed by atoms with E-state index >= 15 is 0 Å². The number of pyridine rings is 2. The molecule has 3 rings (SSSR count). The molecule has 7 heteroatoms. The fourth-order valence-corrected chi connectivity index (χ4v) is 3.50. The van der Waals surface area contributed by atoms with Gasteiger partial charge in [-0.15, -0.1) is 11.3 Å². The molecule has 0 fully saturated rings. The number of aromatic carboxylic acids is 1. The van der Waals surface area contributed by atoms with Gasteiger partial charge in [-0.2, -0.15) is 0 Å². The second-order valence-electron chi connectivity index (χ2n) is 5.24. The van der Waals surface area contributed by atoms with Gasteiger partial charge in [0, 0.05) is 22.0 Å². The van der Waals surface area contributed by atoms with Crippen molar-refractivity contribution >= 4 is 32.4 Å². The molecule has 1 atom stereocenters. The van der Waals surface area contributed by atoms with Gasteiger partial charge in [0.05, 0.1) is 17.2 Å². The van der Waals surface area contributed by atoms with Crippen LogP contribution in [0, 0.1) is 12.7 Å². The Labute approximate surface area is 135 Å². The largest absolute Gasteiger partial charge is 0.476 e. The van der Waals surface area contributed by atoms with Crippen molar-refractivity contribution in [3.05, 3.63) is 53.4 Å². The van der Waals surface area contributed by atoms with Crippen molar-refractivity contribution in [3.63, 3.8) is 0 Å². The molecule has 0 saturated carbocycles. The lowest BCUT2D eigenvalue weighted by Gasteiger charge is -2.13. The van der Waals surface area contributed by atoms with Crippen molar-refractivity contribution in [1.29, 1.82) is 0 Å². The van der Waals surface area contributed by atoms with Crippen molar-refractivity contribution in [2.45, 2.75) is 19.9 Å². The molecule has 0 saturated heterocycles. The van der Waals surface area contributed by atoms with E-state index in [9.17, 15) is 14.3 Å². The number of rotatable bonds is 4. The Kier molecular flexibility index (Phi) is 3.96. The third kappa shape index (κ3) is 3.14. The predicted molar refractivity (Wildman–Crippen MR) is 87.5 cm³/mol. The molecule has 0 aliphatic carbocycles. The van der Waals surface area contributed by atoms with E-state index in [0.717, 1.165) is 21.5 Å². The minimum Gasteiger partial charge on any atom is -0.476 e. The number of aryl methyl sites for hydroxylation is 1. The summed E-state index contributed by atoms with van der Waals surface area (Å²) in [5.41, 5.74) is 1.42. The highest BCUT2D eigenvalue weighted by atomic mass is 32.1. The lowest BCUT2D eigenvalue weighted by molar-refractivity contribution is 0.0692. The molecule has 0 aliphatic rings. The topological polar surface area (TPSA) is 75.1 Å². The van der Waals surface area contributed by atoms with Crippen LogP contribution >= 0.6 is 11.3 Å². The van der Waals surface area contributed by atoms with Crippen LogP contribution in [0.4, 0.5) is 9.39 Å². The van der Waals surface area contributed by atoms with Crippen LogP contribution in [0.25, 0.3) is 10.1 Å². The highest BCUT2D eigenvalue weighted by Gasteiger charge is 2.15. The first-order valence-electron chi connectivity index (χ1n) is 6.95. The van der Waals surface area contributed by atoms with Gasteiger partial charge in [-0.25, -0.2) is 14.2 Å². The van der Waals surface area contributed by atoms with Crippen molar-refractivity contribution in [3.8, 4) is 0 Å². The van der Waals surface area contributed by atoms with Gasteiger partial charge in [-0.3, -0.25) is 4.98 Å². The van der Waals surface area contributed by atoms with Crippen LogP contribution in [-0.4, -0.2) is 21.0 Å². The minimum atomic E-state index is -1.05. The van der Waals surface area contributed by atoms with Gasteiger partial charge in [-0.05, 0) is 37.6 Å². The number of hydrogen-bond donors (Lipinski definition) is 2. The number of anilines is 1. The van der Waals surface area contributed by atoms with E-state index in [4.69, 9.17) is 0 Å². The monoisotopic (exact) mass is 331 g/mol. The third-order valence-corrected chi connectivity index (χ3v) is 4.44. The summed E-state index contributed by atoms with van der Waals surface area (Å²) in [5, 5.41) is 13.9. The molecule has 0 aromatic carbocycles. The van der Waals surface area contributed by atoms with Crippen molar-refractivity contribution < 1.29 is 14.3 Å². The maximum absolute atomic E-state index is 13.3. The first-order valence-corrected chi connectivity index (χ1v) is 7.77. The summed E-state index contributed by atoms with van der Waals surface area (Å²) in [5.74, 6) is -1.44. The highest BCUT2D eigenvalue weighted by Crippen LogP contribution is 2.34. The summed E-state index contributed by atoms with van der Waals surface area (Å²) < 4.78 is 14.1. The number of aromatic nitrogens is 2. The van der Waals surface area contributed by atoms with Gasteiger partial charge in [-0.1, -0.05) is 0 Å². The summed E-state index contributed by atoms with van der Waals surface area (Å²) in [6.45, 7) is 3.65. The Hall–Kier alpha value is -2.54. The summed E-state index contributed by atoms with van der Waals surface area (Å²) in [6, 6.07) is 4.88. The number of nitrogens with one attached hydrogen (secondary N) is 1. The number of thiophene rings is 1. The molecule has 3 heterocycles. The molecule has 3 aromatic heterocycles. The van der Waals surface area contributed by atoms with Gasteiger partial charge in [0.25, 0.3) is 0 Å². The number of fused-ring (bicyclic) bond motifs is 1. The van der Waals surface area contributed by atoms with Crippen molar-refractivity contribution in [2.75, 3.05) is 5.32 Å². The van der Waals surface area contributed by atoms with E-state index in [1.54, 1.807) is 19.2 Å². The zero-order valence-corrected chi connectivity index (χ0v) is 13.3. The molecule has 0 bridgehead atoms. The maximum atomic E-state index is 13.3. The quantitative estimate of drug-likeness (QED) is 0.755. The smallest absolute Gasteiger partial charge is 0.355 e. The van der Waals surface area contributed by atoms with Crippen LogP contribution in [0.1, 0.15) is 34.7 Å². The first-order chi connectivity index (χ1) is 10.9. The van der Waals surface area contributed by atoms with E-state index < -0.39 is 5.97 Å². The van der Waals surface area contributed by atoms with Crippen LogP contribution in [0.5, 0.6) is 0 Å². The molecular weight excluding hydrogens is 317 g/mol. The molecule has 0 aliphatic heterocycles. The molecule has 0 spiro atoms. The lowest BCUT2D eigenvalue weighted by Crippen LogP contribution is -2.06. The highest BCUT2D eigenvalue weighted by molar-refractivity contribution is 7.22. The Morgan fingerprint density at radius 1 is 1.35 bits per heavy atom. The summed E-state index contributed by atoms with van der Waals surface area (Å²) in [7, 11) is 0. The average Bonchev–Trinajstić information content (AvgIpc) is 2.88. The zero-order valence-electron chi connectivity index (χ0n) is 12.5. The van der Waals surface area contributed by atoms with Gasteiger partial charge in [0.2, 0.25) is 0 Å². The molecule has 3 aromatic rings. The normalized spacial score (nSPS) is 12.3. The lowest BCUT2D eigenvalue weighted by atomic mass is 10.1. The fraction of sp³-hybridized carbons (Fsp3) is 0.188. The van der Waals surface area contributed by atoms with E-state index in [2.05, 4.69) is 15.3 Å². The second kappa shape index (κ2) is 5.92. The van der Waals surface area contributed by atoms with Gasteiger partial charge < -0.3 is 10.4 Å². The summed E-state index contributed by atoms with van der Waals surface area (Å²) in [4.78, 5) is 19.3. The SMILES string of the molecule is Cc1cc2sc(N[C@@H](C)c3cncc(F)c3)cc2c(C(=O)O)n1. The number of carboxylic acid groups (broad SMARTS) is 1. The van der Waals surface area contributed by atoms with Crippen LogP contribution in [0.2, 0.25) is 0 Å². The number of hydrogen-bond acceptors (Lipinski definition) is 5. The third-order valence-electron chi connectivity index (χ3n) is 3.43.